The molecule has 1 aromatic heterocycles. The van der Waals surface area contributed by atoms with Crippen LogP contribution < -0.4 is 9.47 Å². The summed E-state index contributed by atoms with van der Waals surface area (Å²) in [6.45, 7) is 0. The lowest BCUT2D eigenvalue weighted by atomic mass is 10.1. The number of benzene rings is 1. The topological polar surface area (TPSA) is 55.8 Å². The van der Waals surface area contributed by atoms with Gasteiger partial charge in [0.15, 0.2) is 11.5 Å². The molecule has 0 aliphatic heterocycles. The lowest BCUT2D eigenvalue weighted by Crippen LogP contribution is -1.98. The molecule has 1 aromatic carbocycles. The molecule has 0 aliphatic rings. The number of rotatable bonds is 5. The minimum atomic E-state index is -0.956. The van der Waals surface area contributed by atoms with E-state index >= 15 is 0 Å². The number of thiophene rings is 1. The fraction of sp³-hybridized carbons (Fsp3) is 0.133. The average molecular weight is 290 g/mol. The monoisotopic (exact) mass is 290 g/mol. The molecule has 0 spiro atoms. The third kappa shape index (κ3) is 3.00. The number of ether oxygens (including phenoxy) is 2. The van der Waals surface area contributed by atoms with Crippen molar-refractivity contribution in [3.8, 4) is 11.5 Å². The number of carboxylic acid groups (broad SMARTS) is 1. The van der Waals surface area contributed by atoms with Gasteiger partial charge in [0, 0.05) is 4.88 Å². The number of carboxylic acids is 1. The van der Waals surface area contributed by atoms with Crippen LogP contribution in [0.3, 0.4) is 0 Å². The van der Waals surface area contributed by atoms with Crippen molar-refractivity contribution in [3.05, 3.63) is 46.2 Å². The Morgan fingerprint density at radius 1 is 1.20 bits per heavy atom. The molecule has 20 heavy (non-hydrogen) atoms. The zero-order chi connectivity index (χ0) is 14.5. The van der Waals surface area contributed by atoms with E-state index in [4.69, 9.17) is 9.47 Å². The maximum atomic E-state index is 11.4. The molecular weight excluding hydrogens is 276 g/mol. The van der Waals surface area contributed by atoms with Crippen molar-refractivity contribution in [1.29, 1.82) is 0 Å². The Morgan fingerprint density at radius 2 is 1.95 bits per heavy atom. The van der Waals surface area contributed by atoms with Crippen LogP contribution in [0.5, 0.6) is 11.5 Å². The first kappa shape index (κ1) is 14.1. The highest BCUT2D eigenvalue weighted by Crippen LogP contribution is 2.30. The SMILES string of the molecule is COc1ccc(/C=C(\C(=O)O)c2cccs2)cc1OC. The zero-order valence-electron chi connectivity index (χ0n) is 11.1. The molecule has 1 N–H and O–H groups in total. The fourth-order valence-electron chi connectivity index (χ4n) is 1.78. The second-order valence-electron chi connectivity index (χ2n) is 3.95. The number of methoxy groups -OCH3 is 2. The lowest BCUT2D eigenvalue weighted by molar-refractivity contribution is -0.130. The Kier molecular flexibility index (Phi) is 4.42. The molecule has 2 aromatic rings. The molecule has 0 unspecified atom stereocenters. The number of hydrogen-bond acceptors (Lipinski definition) is 4. The van der Waals surface area contributed by atoms with Crippen molar-refractivity contribution < 1.29 is 19.4 Å². The summed E-state index contributed by atoms with van der Waals surface area (Å²) in [5.74, 6) is 0.219. The van der Waals surface area contributed by atoms with Crippen LogP contribution in [0.4, 0.5) is 0 Å². The Hall–Kier alpha value is -2.27. The summed E-state index contributed by atoms with van der Waals surface area (Å²) < 4.78 is 10.4. The predicted octanol–water partition coefficient (Wildman–Crippen LogP) is 3.39. The molecule has 0 radical (unpaired) electrons. The van der Waals surface area contributed by atoms with E-state index in [0.29, 0.717) is 16.4 Å². The number of hydrogen-bond donors (Lipinski definition) is 1. The van der Waals surface area contributed by atoms with E-state index in [1.54, 1.807) is 44.6 Å². The maximum absolute atomic E-state index is 11.4. The van der Waals surface area contributed by atoms with Gasteiger partial charge in [-0.3, -0.25) is 0 Å². The van der Waals surface area contributed by atoms with E-state index in [1.165, 1.54) is 11.3 Å². The van der Waals surface area contributed by atoms with Crippen LogP contribution in [0.1, 0.15) is 10.4 Å². The summed E-state index contributed by atoms with van der Waals surface area (Å²) >= 11 is 1.39. The van der Waals surface area contributed by atoms with Crippen molar-refractivity contribution in [1.82, 2.24) is 0 Å². The third-order valence-corrected chi connectivity index (χ3v) is 3.64. The molecule has 0 saturated heterocycles. The smallest absolute Gasteiger partial charge is 0.337 e. The highest BCUT2D eigenvalue weighted by molar-refractivity contribution is 7.11. The Morgan fingerprint density at radius 3 is 2.50 bits per heavy atom. The predicted molar refractivity (Wildman–Crippen MR) is 79.4 cm³/mol. The van der Waals surface area contributed by atoms with E-state index < -0.39 is 5.97 Å². The summed E-state index contributed by atoms with van der Waals surface area (Å²) in [6, 6.07) is 8.89. The van der Waals surface area contributed by atoms with Gasteiger partial charge in [-0.15, -0.1) is 11.3 Å². The molecule has 2 rings (SSSR count). The summed E-state index contributed by atoms with van der Waals surface area (Å²) in [5, 5.41) is 11.2. The van der Waals surface area contributed by atoms with Crippen LogP contribution in [0.15, 0.2) is 35.7 Å². The number of aliphatic carboxylic acids is 1. The van der Waals surface area contributed by atoms with Gasteiger partial charge in [0.2, 0.25) is 0 Å². The first-order chi connectivity index (χ1) is 9.65. The lowest BCUT2D eigenvalue weighted by Gasteiger charge is -2.08. The average Bonchev–Trinajstić information content (AvgIpc) is 2.97. The van der Waals surface area contributed by atoms with Crippen LogP contribution in [-0.4, -0.2) is 25.3 Å². The van der Waals surface area contributed by atoms with E-state index in [2.05, 4.69) is 0 Å². The number of carbonyl (C=O) groups is 1. The second-order valence-corrected chi connectivity index (χ2v) is 4.90. The van der Waals surface area contributed by atoms with Crippen molar-refractivity contribution >= 4 is 29.0 Å². The summed E-state index contributed by atoms with van der Waals surface area (Å²) in [4.78, 5) is 12.1. The van der Waals surface area contributed by atoms with E-state index in [-0.39, 0.29) is 5.57 Å². The summed E-state index contributed by atoms with van der Waals surface area (Å²) in [5.41, 5.74) is 1.00. The van der Waals surface area contributed by atoms with Crippen LogP contribution in [0, 0.1) is 0 Å². The van der Waals surface area contributed by atoms with E-state index in [1.807, 2.05) is 11.4 Å². The minimum absolute atomic E-state index is 0.257. The second kappa shape index (κ2) is 6.25. The highest BCUT2D eigenvalue weighted by atomic mass is 32.1. The normalized spacial score (nSPS) is 11.2. The van der Waals surface area contributed by atoms with Crippen molar-refractivity contribution in [3.63, 3.8) is 0 Å². The first-order valence-electron chi connectivity index (χ1n) is 5.86. The molecule has 1 heterocycles. The summed E-state index contributed by atoms with van der Waals surface area (Å²) in [6.07, 6.45) is 1.62. The van der Waals surface area contributed by atoms with Crippen molar-refractivity contribution in [2.75, 3.05) is 14.2 Å². The first-order valence-corrected chi connectivity index (χ1v) is 6.74. The highest BCUT2D eigenvalue weighted by Gasteiger charge is 2.12. The van der Waals surface area contributed by atoms with Gasteiger partial charge in [0.05, 0.1) is 19.8 Å². The molecule has 5 heteroatoms. The van der Waals surface area contributed by atoms with E-state index in [0.717, 1.165) is 5.56 Å². The third-order valence-electron chi connectivity index (χ3n) is 2.74. The van der Waals surface area contributed by atoms with Gasteiger partial charge in [0.1, 0.15) is 0 Å². The van der Waals surface area contributed by atoms with Crippen LogP contribution in [0.2, 0.25) is 0 Å². The fourth-order valence-corrected chi connectivity index (χ4v) is 2.51. The zero-order valence-corrected chi connectivity index (χ0v) is 11.9. The largest absolute Gasteiger partial charge is 0.493 e. The summed E-state index contributed by atoms with van der Waals surface area (Å²) in [7, 11) is 3.10. The minimum Gasteiger partial charge on any atom is -0.493 e. The van der Waals surface area contributed by atoms with Crippen molar-refractivity contribution in [2.45, 2.75) is 0 Å². The van der Waals surface area contributed by atoms with E-state index in [9.17, 15) is 9.90 Å². The van der Waals surface area contributed by atoms with Crippen LogP contribution in [-0.2, 0) is 4.79 Å². The Bertz CT molecular complexity index is 629. The van der Waals surface area contributed by atoms with Gasteiger partial charge >= 0.3 is 5.97 Å². The molecule has 0 amide bonds. The molecule has 0 atom stereocenters. The molecule has 0 saturated carbocycles. The Labute approximate surface area is 120 Å². The van der Waals surface area contributed by atoms with Gasteiger partial charge in [0.25, 0.3) is 0 Å². The molecule has 104 valence electrons. The Balaban J connectivity index is 2.44. The van der Waals surface area contributed by atoms with Gasteiger partial charge in [-0.05, 0) is 35.2 Å². The van der Waals surface area contributed by atoms with Crippen LogP contribution in [0.25, 0.3) is 11.6 Å². The van der Waals surface area contributed by atoms with Gasteiger partial charge in [-0.2, -0.15) is 0 Å². The van der Waals surface area contributed by atoms with Gasteiger partial charge in [-0.1, -0.05) is 12.1 Å². The molecule has 0 aliphatic carbocycles. The maximum Gasteiger partial charge on any atom is 0.337 e. The molecule has 0 fully saturated rings. The molecule has 4 nitrogen and oxygen atoms in total. The molecule has 0 bridgehead atoms. The van der Waals surface area contributed by atoms with Gasteiger partial charge in [-0.25, -0.2) is 4.79 Å². The van der Waals surface area contributed by atoms with Gasteiger partial charge < -0.3 is 14.6 Å². The molecular formula is C15H14O4S. The standard InChI is InChI=1S/C15H14O4S/c1-18-12-6-5-10(9-13(12)19-2)8-11(15(16)17)14-4-3-7-20-14/h3-9H,1-2H3,(H,16,17)/b11-8-. The quantitative estimate of drug-likeness (QED) is 0.858. The van der Waals surface area contributed by atoms with Crippen molar-refractivity contribution in [2.24, 2.45) is 0 Å². The van der Waals surface area contributed by atoms with Crippen LogP contribution >= 0.6 is 11.3 Å².